The van der Waals surface area contributed by atoms with Crippen molar-refractivity contribution in [3.8, 4) is 5.75 Å². The number of nitrogens with one attached hydrogen (secondary N) is 1. The van der Waals surface area contributed by atoms with Gasteiger partial charge in [0.1, 0.15) is 11.6 Å². The lowest BCUT2D eigenvalue weighted by molar-refractivity contribution is 0.108. The third-order valence-electron chi connectivity index (χ3n) is 6.05. The van der Waals surface area contributed by atoms with Crippen LogP contribution < -0.4 is 15.0 Å². The average molecular weight is 458 g/mol. The van der Waals surface area contributed by atoms with Gasteiger partial charge in [-0.1, -0.05) is 6.07 Å². The smallest absolute Gasteiger partial charge is 0.219 e. The van der Waals surface area contributed by atoms with Crippen molar-refractivity contribution < 1.29 is 14.2 Å². The molecule has 0 saturated carbocycles. The van der Waals surface area contributed by atoms with Gasteiger partial charge in [0.25, 0.3) is 0 Å². The van der Waals surface area contributed by atoms with Crippen LogP contribution in [0.4, 0.5) is 5.69 Å². The van der Waals surface area contributed by atoms with Gasteiger partial charge >= 0.3 is 0 Å². The highest BCUT2D eigenvalue weighted by Crippen LogP contribution is 2.31. The number of methoxy groups -OCH3 is 1. The van der Waals surface area contributed by atoms with E-state index in [4.69, 9.17) is 19.2 Å². The van der Waals surface area contributed by atoms with Gasteiger partial charge in [0.05, 0.1) is 39.0 Å². The fourth-order valence-corrected chi connectivity index (χ4v) is 4.34. The summed E-state index contributed by atoms with van der Waals surface area (Å²) >= 11 is 0. The Morgan fingerprint density at radius 1 is 1.27 bits per heavy atom. The summed E-state index contributed by atoms with van der Waals surface area (Å²) in [6.45, 7) is 10.1. The molecule has 8 heteroatoms. The van der Waals surface area contributed by atoms with E-state index in [1.165, 1.54) is 12.8 Å². The van der Waals surface area contributed by atoms with Crippen molar-refractivity contribution in [3.63, 3.8) is 0 Å². The van der Waals surface area contributed by atoms with Crippen molar-refractivity contribution in [1.82, 2.24) is 10.2 Å². The first kappa shape index (κ1) is 25.2. The molecular formula is C25H39N5O3. The van der Waals surface area contributed by atoms with Crippen LogP contribution in [0.25, 0.3) is 0 Å². The minimum absolute atomic E-state index is 0.512. The fourth-order valence-electron chi connectivity index (χ4n) is 4.34. The highest BCUT2D eigenvalue weighted by molar-refractivity contribution is 6.12. The van der Waals surface area contributed by atoms with Crippen LogP contribution in [0.1, 0.15) is 19.3 Å². The number of piperidine rings is 1. The van der Waals surface area contributed by atoms with E-state index < -0.39 is 0 Å². The number of anilines is 1. The maximum Gasteiger partial charge on any atom is 0.219 e. The molecule has 33 heavy (non-hydrogen) atoms. The maximum atomic E-state index is 6.23. The number of ether oxygens (including phenoxy) is 3. The molecule has 0 amide bonds. The number of hydrogen-bond acceptors (Lipinski definition) is 7. The largest absolute Gasteiger partial charge is 0.497 e. The first-order chi connectivity index (χ1) is 16.2. The number of likely N-dealkylation sites (N-methyl/N-ethyl adjacent to an activating group) is 1. The van der Waals surface area contributed by atoms with E-state index in [0.29, 0.717) is 38.2 Å². The van der Waals surface area contributed by atoms with E-state index >= 15 is 0 Å². The summed E-state index contributed by atoms with van der Waals surface area (Å²) in [5, 5.41) is 3.09. The summed E-state index contributed by atoms with van der Waals surface area (Å²) in [7, 11) is 5.77. The number of aliphatic imine (C=N–C) groups is 2. The van der Waals surface area contributed by atoms with Crippen molar-refractivity contribution >= 4 is 18.2 Å². The molecule has 2 heterocycles. The van der Waals surface area contributed by atoms with Crippen LogP contribution in [-0.4, -0.2) is 91.2 Å². The molecule has 1 aromatic rings. The molecule has 0 aliphatic carbocycles. The first-order valence-electron chi connectivity index (χ1n) is 11.9. The van der Waals surface area contributed by atoms with Gasteiger partial charge in [-0.15, -0.1) is 0 Å². The molecule has 0 radical (unpaired) electrons. The number of rotatable bonds is 12. The third kappa shape index (κ3) is 7.28. The molecule has 1 atom stereocenters. The minimum atomic E-state index is 0.512. The quantitative estimate of drug-likeness (QED) is 0.296. The van der Waals surface area contributed by atoms with Crippen molar-refractivity contribution in [3.05, 3.63) is 35.7 Å². The average Bonchev–Trinajstić information content (AvgIpc) is 3.25. The van der Waals surface area contributed by atoms with Gasteiger partial charge in [0.15, 0.2) is 0 Å². The molecule has 1 unspecified atom stereocenters. The van der Waals surface area contributed by atoms with Crippen molar-refractivity contribution in [2.75, 3.05) is 78.6 Å². The van der Waals surface area contributed by atoms with Crippen molar-refractivity contribution in [1.29, 1.82) is 0 Å². The van der Waals surface area contributed by atoms with Gasteiger partial charge in [0, 0.05) is 37.3 Å². The predicted molar refractivity (Wildman–Crippen MR) is 135 cm³/mol. The summed E-state index contributed by atoms with van der Waals surface area (Å²) in [5.74, 6) is 2.81. The molecule has 1 N–H and O–H groups in total. The normalized spacial score (nSPS) is 22.0. The van der Waals surface area contributed by atoms with Crippen molar-refractivity contribution in [2.24, 2.45) is 15.9 Å². The minimum Gasteiger partial charge on any atom is -0.497 e. The molecule has 3 rings (SSSR count). The number of hydrogen-bond donors (Lipinski definition) is 1. The SMILES string of the molecule is C=N/C(OCC1CCCN(C)C1)=C1/CCN(c2cccc(OC)c2)C1=NCCOCCNC. The molecular weight excluding hydrogens is 418 g/mol. The fraction of sp³-hybridized carbons (Fsp3) is 0.600. The molecule has 2 fully saturated rings. The monoisotopic (exact) mass is 457 g/mol. The molecule has 1 aromatic carbocycles. The van der Waals surface area contributed by atoms with Gasteiger partial charge in [-0.25, -0.2) is 4.99 Å². The molecule has 0 spiro atoms. The molecule has 2 saturated heterocycles. The molecule has 182 valence electrons. The van der Waals surface area contributed by atoms with E-state index in [1.54, 1.807) is 7.11 Å². The Kier molecular flexibility index (Phi) is 10.2. The topological polar surface area (TPSA) is 70.9 Å². The van der Waals surface area contributed by atoms with E-state index in [2.05, 4.69) is 39.9 Å². The summed E-state index contributed by atoms with van der Waals surface area (Å²) in [6, 6.07) is 8.05. The Morgan fingerprint density at radius 2 is 2.15 bits per heavy atom. The van der Waals surface area contributed by atoms with Crippen LogP contribution >= 0.6 is 0 Å². The second-order valence-electron chi connectivity index (χ2n) is 8.55. The number of nitrogens with zero attached hydrogens (tertiary/aromatic N) is 4. The van der Waals surface area contributed by atoms with Crippen LogP contribution in [0.15, 0.2) is 45.7 Å². The van der Waals surface area contributed by atoms with Crippen LogP contribution in [0, 0.1) is 5.92 Å². The van der Waals surface area contributed by atoms with Crippen LogP contribution in [0.3, 0.4) is 0 Å². The Balaban J connectivity index is 1.78. The predicted octanol–water partition coefficient (Wildman–Crippen LogP) is 2.81. The van der Waals surface area contributed by atoms with Crippen LogP contribution in [0.5, 0.6) is 5.75 Å². The standard InChI is InChI=1S/C25H39N5O3/c1-26-11-15-32-16-12-28-24-23(10-14-30(24)21-8-5-9-22(17-21)31-4)25(27-2)33-19-20-7-6-13-29(3)18-20/h5,8-9,17,20,26H,2,6-7,10-16,18-19H2,1,3-4H3/b25-23+,28-24?. The zero-order valence-corrected chi connectivity index (χ0v) is 20.4. The van der Waals surface area contributed by atoms with Gasteiger partial charge < -0.3 is 29.3 Å². The molecule has 2 aliphatic heterocycles. The van der Waals surface area contributed by atoms with E-state index in [9.17, 15) is 0 Å². The lowest BCUT2D eigenvalue weighted by Gasteiger charge is -2.29. The summed E-state index contributed by atoms with van der Waals surface area (Å²) in [6.07, 6.45) is 3.20. The number of amidine groups is 1. The summed E-state index contributed by atoms with van der Waals surface area (Å²) in [5.41, 5.74) is 2.05. The second-order valence-corrected chi connectivity index (χ2v) is 8.55. The first-order valence-corrected chi connectivity index (χ1v) is 11.9. The van der Waals surface area contributed by atoms with Crippen molar-refractivity contribution in [2.45, 2.75) is 19.3 Å². The highest BCUT2D eigenvalue weighted by Gasteiger charge is 2.29. The van der Waals surface area contributed by atoms with Gasteiger partial charge in [-0.05, 0) is 58.8 Å². The Bertz CT molecular complexity index is 826. The van der Waals surface area contributed by atoms with Gasteiger partial charge in [-0.2, -0.15) is 0 Å². The van der Waals surface area contributed by atoms with Crippen LogP contribution in [-0.2, 0) is 9.47 Å². The lowest BCUT2D eigenvalue weighted by Crippen LogP contribution is -2.34. The Morgan fingerprint density at radius 3 is 2.91 bits per heavy atom. The second kappa shape index (κ2) is 13.3. The van der Waals surface area contributed by atoms with E-state index in [0.717, 1.165) is 55.4 Å². The van der Waals surface area contributed by atoms with Gasteiger partial charge in [0.2, 0.25) is 5.88 Å². The Labute approximate surface area is 198 Å². The van der Waals surface area contributed by atoms with Gasteiger partial charge in [-0.3, -0.25) is 4.99 Å². The van der Waals surface area contributed by atoms with E-state index in [-0.39, 0.29) is 0 Å². The molecule has 0 bridgehead atoms. The molecule has 8 nitrogen and oxygen atoms in total. The van der Waals surface area contributed by atoms with Crippen LogP contribution in [0.2, 0.25) is 0 Å². The summed E-state index contributed by atoms with van der Waals surface area (Å²) < 4.78 is 17.3. The van der Waals surface area contributed by atoms with E-state index in [1.807, 2.05) is 25.2 Å². The highest BCUT2D eigenvalue weighted by atomic mass is 16.5. The number of likely N-dealkylation sites (tertiary alicyclic amines) is 1. The summed E-state index contributed by atoms with van der Waals surface area (Å²) in [4.78, 5) is 13.8. The third-order valence-corrected chi connectivity index (χ3v) is 6.05. The lowest BCUT2D eigenvalue weighted by atomic mass is 10.00. The molecule has 0 aromatic heterocycles. The number of benzene rings is 1. The maximum absolute atomic E-state index is 6.23. The Hall–Kier alpha value is -2.42. The zero-order valence-electron chi connectivity index (χ0n) is 20.4. The zero-order chi connectivity index (χ0) is 23.5. The molecule has 2 aliphatic rings.